The highest BCUT2D eigenvalue weighted by molar-refractivity contribution is 5.92. The Morgan fingerprint density at radius 3 is 2.56 bits per heavy atom. The van der Waals surface area contributed by atoms with E-state index in [9.17, 15) is 9.18 Å². The fourth-order valence-electron chi connectivity index (χ4n) is 2.52. The lowest BCUT2D eigenvalue weighted by Crippen LogP contribution is -2.37. The van der Waals surface area contributed by atoms with E-state index in [4.69, 9.17) is 0 Å². The average molecular weight is 250 g/mol. The second-order valence-electron chi connectivity index (χ2n) is 4.91. The molecule has 1 amide bonds. The molecule has 0 radical (unpaired) electrons. The van der Waals surface area contributed by atoms with Crippen LogP contribution in [-0.4, -0.2) is 28.9 Å². The zero-order valence-electron chi connectivity index (χ0n) is 10.7. The molecule has 1 aliphatic rings. The van der Waals surface area contributed by atoms with Gasteiger partial charge in [0, 0.05) is 13.1 Å². The molecule has 1 aromatic heterocycles. The smallest absolute Gasteiger partial charge is 0.272 e. The average Bonchev–Trinajstić information content (AvgIpc) is 2.66. The Morgan fingerprint density at radius 2 is 1.94 bits per heavy atom. The zero-order valence-corrected chi connectivity index (χ0v) is 10.7. The Hall–Kier alpha value is -1.45. The molecule has 1 saturated carbocycles. The minimum atomic E-state index is -0.602. The quantitative estimate of drug-likeness (QED) is 0.597. The highest BCUT2D eigenvalue weighted by atomic mass is 19.1. The zero-order chi connectivity index (χ0) is 13.0. The van der Waals surface area contributed by atoms with Crippen LogP contribution >= 0.6 is 0 Å². The van der Waals surface area contributed by atoms with Gasteiger partial charge in [-0.3, -0.25) is 4.79 Å². The van der Waals surface area contributed by atoms with Gasteiger partial charge in [0.2, 0.25) is 5.95 Å². The molecule has 1 fully saturated rings. The summed E-state index contributed by atoms with van der Waals surface area (Å²) in [6.07, 6.45) is 6.90. The van der Waals surface area contributed by atoms with Crippen LogP contribution in [0.3, 0.4) is 0 Å². The summed E-state index contributed by atoms with van der Waals surface area (Å²) >= 11 is 0. The summed E-state index contributed by atoms with van der Waals surface area (Å²) in [5, 5.41) is 0. The van der Waals surface area contributed by atoms with E-state index in [0.29, 0.717) is 0 Å². The molecule has 0 spiro atoms. The number of carbonyl (C=O) groups excluding carboxylic acids is 1. The summed E-state index contributed by atoms with van der Waals surface area (Å²) in [7, 11) is 1.80. The van der Waals surface area contributed by atoms with Crippen molar-refractivity contribution in [1.29, 1.82) is 0 Å². The molecule has 18 heavy (non-hydrogen) atoms. The van der Waals surface area contributed by atoms with E-state index >= 15 is 0 Å². The van der Waals surface area contributed by atoms with E-state index < -0.39 is 5.95 Å². The number of rotatable bonds is 2. The van der Waals surface area contributed by atoms with Crippen LogP contribution in [0.1, 0.15) is 49.0 Å². The fourth-order valence-corrected chi connectivity index (χ4v) is 2.52. The number of carbonyl (C=O) groups is 1. The minimum Gasteiger partial charge on any atom is -0.337 e. The molecule has 98 valence electrons. The molecule has 1 aromatic rings. The van der Waals surface area contributed by atoms with Crippen molar-refractivity contribution in [3.8, 4) is 0 Å². The van der Waals surface area contributed by atoms with Crippen molar-refractivity contribution in [2.75, 3.05) is 7.05 Å². The second kappa shape index (κ2) is 5.94. The molecular formula is C14H19FN2O. The third-order valence-electron chi connectivity index (χ3n) is 3.63. The van der Waals surface area contributed by atoms with Gasteiger partial charge in [-0.25, -0.2) is 4.98 Å². The first-order chi connectivity index (χ1) is 8.68. The molecular weight excluding hydrogens is 231 g/mol. The number of amides is 1. The van der Waals surface area contributed by atoms with Gasteiger partial charge >= 0.3 is 0 Å². The Kier molecular flexibility index (Phi) is 4.28. The largest absolute Gasteiger partial charge is 0.337 e. The first-order valence-corrected chi connectivity index (χ1v) is 6.58. The Labute approximate surface area is 107 Å². The summed E-state index contributed by atoms with van der Waals surface area (Å²) < 4.78 is 13.0. The third kappa shape index (κ3) is 3.06. The highest BCUT2D eigenvalue weighted by Gasteiger charge is 2.23. The van der Waals surface area contributed by atoms with Crippen molar-refractivity contribution in [2.45, 2.75) is 44.6 Å². The number of nitrogens with zero attached hydrogens (tertiary/aromatic N) is 2. The van der Waals surface area contributed by atoms with Gasteiger partial charge in [-0.2, -0.15) is 4.39 Å². The van der Waals surface area contributed by atoms with Gasteiger partial charge in [-0.1, -0.05) is 31.7 Å². The van der Waals surface area contributed by atoms with Gasteiger partial charge in [-0.15, -0.1) is 0 Å². The summed E-state index contributed by atoms with van der Waals surface area (Å²) in [4.78, 5) is 17.6. The number of hydrogen-bond donors (Lipinski definition) is 0. The van der Waals surface area contributed by atoms with Gasteiger partial charge in [0.25, 0.3) is 5.91 Å². The second-order valence-corrected chi connectivity index (χ2v) is 4.91. The molecule has 1 aliphatic carbocycles. The van der Waals surface area contributed by atoms with Crippen LogP contribution in [0.25, 0.3) is 0 Å². The van der Waals surface area contributed by atoms with Gasteiger partial charge in [-0.05, 0) is 25.0 Å². The lowest BCUT2D eigenvalue weighted by Gasteiger charge is -2.26. The van der Waals surface area contributed by atoms with Crippen molar-refractivity contribution in [1.82, 2.24) is 9.88 Å². The molecule has 0 saturated heterocycles. The normalized spacial score (nSPS) is 17.2. The minimum absolute atomic E-state index is 0.179. The number of halogens is 1. The van der Waals surface area contributed by atoms with Crippen LogP contribution in [0, 0.1) is 5.95 Å². The lowest BCUT2D eigenvalue weighted by atomic mass is 10.1. The van der Waals surface area contributed by atoms with Crippen LogP contribution in [0.5, 0.6) is 0 Å². The monoisotopic (exact) mass is 250 g/mol. The SMILES string of the molecule is CN(C(=O)c1cccc(F)n1)C1CCCCCC1. The van der Waals surface area contributed by atoms with E-state index in [1.807, 2.05) is 0 Å². The summed E-state index contributed by atoms with van der Waals surface area (Å²) in [6, 6.07) is 4.61. The molecule has 0 bridgehead atoms. The van der Waals surface area contributed by atoms with E-state index in [2.05, 4.69) is 4.98 Å². The van der Waals surface area contributed by atoms with E-state index in [1.165, 1.54) is 37.8 Å². The highest BCUT2D eigenvalue weighted by Crippen LogP contribution is 2.22. The summed E-state index contributed by atoms with van der Waals surface area (Å²) in [5.41, 5.74) is 0.196. The molecule has 3 nitrogen and oxygen atoms in total. The summed E-state index contributed by atoms with van der Waals surface area (Å²) in [5.74, 6) is -0.781. The van der Waals surface area contributed by atoms with Crippen LogP contribution in [-0.2, 0) is 0 Å². The van der Waals surface area contributed by atoms with Gasteiger partial charge < -0.3 is 4.90 Å². The van der Waals surface area contributed by atoms with Crippen molar-refractivity contribution >= 4 is 5.91 Å². The molecule has 0 aliphatic heterocycles. The third-order valence-corrected chi connectivity index (χ3v) is 3.63. The molecule has 0 N–H and O–H groups in total. The molecule has 2 rings (SSSR count). The summed E-state index contributed by atoms with van der Waals surface area (Å²) in [6.45, 7) is 0. The van der Waals surface area contributed by atoms with Gasteiger partial charge in [0.15, 0.2) is 0 Å². The maximum Gasteiger partial charge on any atom is 0.272 e. The van der Waals surface area contributed by atoms with E-state index in [1.54, 1.807) is 18.0 Å². The van der Waals surface area contributed by atoms with Gasteiger partial charge in [0.05, 0.1) is 0 Å². The molecule has 4 heteroatoms. The predicted octanol–water partition coefficient (Wildman–Crippen LogP) is 3.02. The van der Waals surface area contributed by atoms with Crippen molar-refractivity contribution in [3.05, 3.63) is 29.8 Å². The van der Waals surface area contributed by atoms with E-state index in [0.717, 1.165) is 12.8 Å². The number of pyridine rings is 1. The predicted molar refractivity (Wildman–Crippen MR) is 67.8 cm³/mol. The maximum atomic E-state index is 13.0. The molecule has 0 aromatic carbocycles. The standard InChI is InChI=1S/C14H19FN2O/c1-17(11-7-4-2-3-5-8-11)14(18)12-9-6-10-13(15)16-12/h6,9-11H,2-5,7-8H2,1H3. The first kappa shape index (κ1) is 13.0. The van der Waals surface area contributed by atoms with Gasteiger partial charge in [0.1, 0.15) is 5.69 Å². The van der Waals surface area contributed by atoms with Crippen LogP contribution in [0.4, 0.5) is 4.39 Å². The Morgan fingerprint density at radius 1 is 1.28 bits per heavy atom. The first-order valence-electron chi connectivity index (χ1n) is 6.58. The maximum absolute atomic E-state index is 13.0. The fraction of sp³-hybridized carbons (Fsp3) is 0.571. The van der Waals surface area contributed by atoms with Crippen LogP contribution in [0.2, 0.25) is 0 Å². The van der Waals surface area contributed by atoms with Crippen LogP contribution in [0.15, 0.2) is 18.2 Å². The van der Waals surface area contributed by atoms with E-state index in [-0.39, 0.29) is 17.6 Å². The number of hydrogen-bond acceptors (Lipinski definition) is 2. The topological polar surface area (TPSA) is 33.2 Å². The van der Waals surface area contributed by atoms with Crippen LogP contribution < -0.4 is 0 Å². The molecule has 1 heterocycles. The van der Waals surface area contributed by atoms with Crippen molar-refractivity contribution in [2.24, 2.45) is 0 Å². The number of aromatic nitrogens is 1. The molecule has 0 unspecified atom stereocenters. The lowest BCUT2D eigenvalue weighted by molar-refractivity contribution is 0.0710. The molecule has 0 atom stereocenters. The Bertz CT molecular complexity index is 414. The van der Waals surface area contributed by atoms with Crippen molar-refractivity contribution in [3.63, 3.8) is 0 Å². The van der Waals surface area contributed by atoms with Crippen molar-refractivity contribution < 1.29 is 9.18 Å². The Balaban J connectivity index is 2.07.